The second kappa shape index (κ2) is 12.3. The average Bonchev–Trinajstić information content (AvgIpc) is 3.26. The van der Waals surface area contributed by atoms with Crippen LogP contribution in [0.5, 0.6) is 0 Å². The molecule has 190 valence electrons. The Labute approximate surface area is 198 Å². The molecule has 2 heterocycles. The molecular formula is C22H35N5O7. The van der Waals surface area contributed by atoms with E-state index in [1.165, 1.54) is 11.8 Å². The van der Waals surface area contributed by atoms with Crippen LogP contribution < -0.4 is 21.3 Å². The monoisotopic (exact) mass is 481 g/mol. The number of rotatable bonds is 8. The number of hydrogen-bond donors (Lipinski definition) is 5. The van der Waals surface area contributed by atoms with Gasteiger partial charge in [0.25, 0.3) is 0 Å². The molecule has 12 nitrogen and oxygen atoms in total. The fourth-order valence-electron chi connectivity index (χ4n) is 4.09. The van der Waals surface area contributed by atoms with Gasteiger partial charge in [-0.3, -0.25) is 28.8 Å². The molecule has 34 heavy (non-hydrogen) atoms. The summed E-state index contributed by atoms with van der Waals surface area (Å²) < 4.78 is 0. The van der Waals surface area contributed by atoms with Crippen LogP contribution in [0.1, 0.15) is 59.3 Å². The van der Waals surface area contributed by atoms with Crippen LogP contribution in [0.15, 0.2) is 0 Å². The van der Waals surface area contributed by atoms with Gasteiger partial charge in [-0.2, -0.15) is 0 Å². The highest BCUT2D eigenvalue weighted by Crippen LogP contribution is 2.20. The summed E-state index contributed by atoms with van der Waals surface area (Å²) in [5.41, 5.74) is 0. The molecule has 5 N–H and O–H groups in total. The Morgan fingerprint density at radius 3 is 2.41 bits per heavy atom. The van der Waals surface area contributed by atoms with E-state index in [0.717, 1.165) is 0 Å². The molecule has 5 amide bonds. The second-order valence-electron chi connectivity index (χ2n) is 9.10. The van der Waals surface area contributed by atoms with E-state index in [4.69, 9.17) is 5.11 Å². The van der Waals surface area contributed by atoms with Crippen LogP contribution in [-0.4, -0.2) is 82.8 Å². The van der Waals surface area contributed by atoms with E-state index in [2.05, 4.69) is 21.3 Å². The van der Waals surface area contributed by atoms with Crippen molar-refractivity contribution in [3.63, 3.8) is 0 Å². The molecule has 2 aliphatic rings. The summed E-state index contributed by atoms with van der Waals surface area (Å²) in [6.07, 6.45) is 1.21. The fourth-order valence-corrected chi connectivity index (χ4v) is 4.09. The molecule has 4 atom stereocenters. The van der Waals surface area contributed by atoms with Gasteiger partial charge in [0.15, 0.2) is 0 Å². The molecule has 0 aromatic heterocycles. The van der Waals surface area contributed by atoms with E-state index in [-0.39, 0.29) is 43.5 Å². The number of carbonyl (C=O) groups is 6. The lowest BCUT2D eigenvalue weighted by atomic mass is 10.0. The standard InChI is InChI=1S/C22H35N5O7/c1-12(2)18-21(33)25-14(6-4-10-23-16(28)8-9-17(29)30)19(31)24-13(3)22(34)27-11-5-7-15(27)20(32)26-18/h12-15,18H,4-11H2,1-3H3,(H,23,28)(H,24,31)(H,25,33)(H,26,32)(H,29,30). The lowest BCUT2D eigenvalue weighted by Crippen LogP contribution is -2.61. The van der Waals surface area contributed by atoms with Crippen molar-refractivity contribution in [2.24, 2.45) is 5.92 Å². The Morgan fingerprint density at radius 2 is 1.76 bits per heavy atom. The van der Waals surface area contributed by atoms with E-state index in [1.807, 2.05) is 0 Å². The van der Waals surface area contributed by atoms with Crippen molar-refractivity contribution in [3.8, 4) is 0 Å². The highest BCUT2D eigenvalue weighted by molar-refractivity contribution is 5.97. The first-order valence-corrected chi connectivity index (χ1v) is 11.7. The zero-order valence-corrected chi connectivity index (χ0v) is 19.9. The van der Waals surface area contributed by atoms with Crippen LogP contribution in [0.2, 0.25) is 0 Å². The largest absolute Gasteiger partial charge is 0.481 e. The third-order valence-electron chi connectivity index (χ3n) is 6.01. The van der Waals surface area contributed by atoms with Gasteiger partial charge in [-0.05, 0) is 38.5 Å². The van der Waals surface area contributed by atoms with Gasteiger partial charge >= 0.3 is 5.97 Å². The van der Waals surface area contributed by atoms with Gasteiger partial charge in [-0.15, -0.1) is 0 Å². The summed E-state index contributed by atoms with van der Waals surface area (Å²) >= 11 is 0. The van der Waals surface area contributed by atoms with Crippen LogP contribution in [-0.2, 0) is 28.8 Å². The van der Waals surface area contributed by atoms with Gasteiger partial charge in [0.1, 0.15) is 24.2 Å². The lowest BCUT2D eigenvalue weighted by molar-refractivity contribution is -0.143. The molecule has 0 bridgehead atoms. The molecule has 2 aliphatic heterocycles. The Bertz CT molecular complexity index is 815. The fraction of sp³-hybridized carbons (Fsp3) is 0.727. The van der Waals surface area contributed by atoms with Crippen molar-refractivity contribution in [3.05, 3.63) is 0 Å². The zero-order chi connectivity index (χ0) is 25.4. The maximum atomic E-state index is 13.0. The molecular weight excluding hydrogens is 446 g/mol. The van der Waals surface area contributed by atoms with Crippen molar-refractivity contribution < 1.29 is 33.9 Å². The SMILES string of the molecule is CC1NC(=O)C(CCCNC(=O)CCC(=O)O)NC(=O)C(C(C)C)NC(=O)C2CCCN2C1=O. The molecule has 2 saturated heterocycles. The van der Waals surface area contributed by atoms with Gasteiger partial charge in [0, 0.05) is 19.5 Å². The normalized spacial score (nSPS) is 26.1. The first kappa shape index (κ1) is 27.1. The number of carboxylic acids is 1. The number of fused-ring (bicyclic) bond motifs is 1. The molecule has 2 rings (SSSR count). The van der Waals surface area contributed by atoms with Crippen LogP contribution in [0.3, 0.4) is 0 Å². The number of aliphatic carboxylic acids is 1. The van der Waals surface area contributed by atoms with Gasteiger partial charge in [-0.25, -0.2) is 0 Å². The Kier molecular flexibility index (Phi) is 9.82. The highest BCUT2D eigenvalue weighted by Gasteiger charge is 2.39. The van der Waals surface area contributed by atoms with E-state index < -0.39 is 47.9 Å². The minimum Gasteiger partial charge on any atom is -0.481 e. The Balaban J connectivity index is 2.11. The predicted molar refractivity (Wildman–Crippen MR) is 120 cm³/mol. The first-order valence-electron chi connectivity index (χ1n) is 11.7. The van der Waals surface area contributed by atoms with E-state index in [0.29, 0.717) is 25.8 Å². The van der Waals surface area contributed by atoms with Gasteiger partial charge in [0.2, 0.25) is 29.5 Å². The van der Waals surface area contributed by atoms with Crippen molar-refractivity contribution in [2.45, 2.75) is 83.5 Å². The van der Waals surface area contributed by atoms with Crippen LogP contribution in [0.4, 0.5) is 0 Å². The van der Waals surface area contributed by atoms with Crippen molar-refractivity contribution in [2.75, 3.05) is 13.1 Å². The number of amides is 5. The number of nitrogens with zero attached hydrogens (tertiary/aromatic N) is 1. The summed E-state index contributed by atoms with van der Waals surface area (Å²) in [6.45, 7) is 5.68. The maximum absolute atomic E-state index is 13.0. The number of carbonyl (C=O) groups excluding carboxylic acids is 5. The molecule has 0 aromatic rings. The van der Waals surface area contributed by atoms with Crippen LogP contribution in [0.25, 0.3) is 0 Å². The summed E-state index contributed by atoms with van der Waals surface area (Å²) in [5.74, 6) is -3.53. The minimum absolute atomic E-state index is 0.150. The molecule has 0 radical (unpaired) electrons. The summed E-state index contributed by atoms with van der Waals surface area (Å²) in [7, 11) is 0. The van der Waals surface area contributed by atoms with Crippen molar-refractivity contribution in [1.82, 2.24) is 26.2 Å². The van der Waals surface area contributed by atoms with Crippen LogP contribution in [0, 0.1) is 5.92 Å². The third-order valence-corrected chi connectivity index (χ3v) is 6.01. The molecule has 0 aliphatic carbocycles. The average molecular weight is 482 g/mol. The second-order valence-corrected chi connectivity index (χ2v) is 9.10. The van der Waals surface area contributed by atoms with E-state index >= 15 is 0 Å². The first-order chi connectivity index (χ1) is 16.0. The summed E-state index contributed by atoms with van der Waals surface area (Å²) in [4.78, 5) is 75.4. The number of hydrogen-bond acceptors (Lipinski definition) is 6. The molecule has 0 aromatic carbocycles. The molecule has 0 spiro atoms. The lowest BCUT2D eigenvalue weighted by Gasteiger charge is -2.32. The predicted octanol–water partition coefficient (Wildman–Crippen LogP) is -1.12. The number of nitrogens with one attached hydrogen (secondary N) is 4. The Hall–Kier alpha value is -3.18. The van der Waals surface area contributed by atoms with Gasteiger partial charge < -0.3 is 31.3 Å². The van der Waals surface area contributed by atoms with Gasteiger partial charge in [0.05, 0.1) is 6.42 Å². The van der Waals surface area contributed by atoms with E-state index in [1.54, 1.807) is 13.8 Å². The minimum atomic E-state index is -1.07. The van der Waals surface area contributed by atoms with Crippen molar-refractivity contribution >= 4 is 35.5 Å². The van der Waals surface area contributed by atoms with Gasteiger partial charge in [-0.1, -0.05) is 13.8 Å². The maximum Gasteiger partial charge on any atom is 0.303 e. The Morgan fingerprint density at radius 1 is 1.06 bits per heavy atom. The highest BCUT2D eigenvalue weighted by atomic mass is 16.4. The third kappa shape index (κ3) is 7.42. The van der Waals surface area contributed by atoms with Crippen LogP contribution >= 0.6 is 0 Å². The zero-order valence-electron chi connectivity index (χ0n) is 19.9. The molecule has 2 fully saturated rings. The summed E-state index contributed by atoms with van der Waals surface area (Å²) in [5, 5.41) is 19.3. The van der Waals surface area contributed by atoms with E-state index in [9.17, 15) is 28.8 Å². The molecule has 4 unspecified atom stereocenters. The smallest absolute Gasteiger partial charge is 0.303 e. The molecule has 12 heteroatoms. The molecule has 0 saturated carbocycles. The van der Waals surface area contributed by atoms with Crippen molar-refractivity contribution in [1.29, 1.82) is 0 Å². The quantitative estimate of drug-likeness (QED) is 0.273. The number of carboxylic acid groups (broad SMARTS) is 1. The topological polar surface area (TPSA) is 174 Å². The summed E-state index contributed by atoms with van der Waals surface area (Å²) in [6, 6.07) is -3.42.